The van der Waals surface area contributed by atoms with Gasteiger partial charge in [0.1, 0.15) is 0 Å². The van der Waals surface area contributed by atoms with E-state index in [1.165, 1.54) is 12.1 Å². The molecule has 7 heteroatoms. The molecule has 0 amide bonds. The largest absolute Gasteiger partial charge is 0.412 e. The van der Waals surface area contributed by atoms with Crippen molar-refractivity contribution in [1.29, 1.82) is 0 Å². The van der Waals surface area contributed by atoms with Crippen molar-refractivity contribution >= 4 is 5.69 Å². The molecule has 1 N–H and O–H groups in total. The molecule has 1 atom stereocenters. The minimum absolute atomic E-state index is 0.00872. The molecule has 1 unspecified atom stereocenters. The fraction of sp³-hybridized carbons (Fsp3) is 0.333. The molecule has 1 aromatic carbocycles. The highest BCUT2D eigenvalue weighted by Gasteiger charge is 2.35. The quantitative estimate of drug-likeness (QED) is 0.673. The molecule has 0 spiro atoms. The van der Waals surface area contributed by atoms with Crippen LogP contribution in [0, 0.1) is 16.0 Å². The first-order chi connectivity index (χ1) is 10.3. The molecule has 1 aliphatic carbocycles. The Balaban J connectivity index is 2.11. The van der Waals surface area contributed by atoms with Crippen LogP contribution >= 0.6 is 0 Å². The van der Waals surface area contributed by atoms with Gasteiger partial charge in [0.05, 0.1) is 4.92 Å². The van der Waals surface area contributed by atoms with Crippen molar-refractivity contribution < 1.29 is 18.1 Å². The second-order valence-electron chi connectivity index (χ2n) is 5.16. The number of nitrogens with one attached hydrogen (secondary N) is 1. The predicted molar refractivity (Wildman–Crippen MR) is 75.9 cm³/mol. The monoisotopic (exact) mass is 312 g/mol. The van der Waals surface area contributed by atoms with Crippen LogP contribution < -0.4 is 5.32 Å². The van der Waals surface area contributed by atoms with Gasteiger partial charge in [-0.25, -0.2) is 0 Å². The molecular weight excluding hydrogens is 297 g/mol. The fourth-order valence-corrected chi connectivity index (χ4v) is 2.34. The smallest absolute Gasteiger partial charge is 0.384 e. The lowest BCUT2D eigenvalue weighted by molar-refractivity contribution is -0.385. The number of nitro groups is 1. The van der Waals surface area contributed by atoms with Gasteiger partial charge >= 0.3 is 6.18 Å². The van der Waals surface area contributed by atoms with Crippen molar-refractivity contribution in [2.24, 2.45) is 5.92 Å². The summed E-state index contributed by atoms with van der Waals surface area (Å²) in [5.41, 5.74) is 0.569. The van der Waals surface area contributed by atoms with Gasteiger partial charge in [0.15, 0.2) is 0 Å². The van der Waals surface area contributed by atoms with Gasteiger partial charge in [0.2, 0.25) is 0 Å². The Morgan fingerprint density at radius 2 is 2.00 bits per heavy atom. The summed E-state index contributed by atoms with van der Waals surface area (Å²) >= 11 is 0. The number of nitrogens with zero attached hydrogens (tertiary/aromatic N) is 1. The number of allylic oxidation sites excluding steroid dienone is 4. The molecule has 1 aliphatic rings. The van der Waals surface area contributed by atoms with E-state index >= 15 is 0 Å². The summed E-state index contributed by atoms with van der Waals surface area (Å²) in [5.74, 6) is -0.315. The number of halogens is 3. The summed E-state index contributed by atoms with van der Waals surface area (Å²) < 4.78 is 37.9. The molecule has 4 nitrogen and oxygen atoms in total. The van der Waals surface area contributed by atoms with E-state index in [1.54, 1.807) is 25.1 Å². The highest BCUT2D eigenvalue weighted by atomic mass is 19.4. The van der Waals surface area contributed by atoms with Crippen molar-refractivity contribution in [3.8, 4) is 0 Å². The van der Waals surface area contributed by atoms with Crippen molar-refractivity contribution in [3.63, 3.8) is 0 Å². The van der Waals surface area contributed by atoms with Crippen molar-refractivity contribution in [3.05, 3.63) is 63.4 Å². The van der Waals surface area contributed by atoms with Gasteiger partial charge in [-0.1, -0.05) is 31.2 Å². The van der Waals surface area contributed by atoms with E-state index in [1.807, 2.05) is 0 Å². The normalized spacial score (nSPS) is 18.5. The van der Waals surface area contributed by atoms with Crippen LogP contribution in [0.3, 0.4) is 0 Å². The van der Waals surface area contributed by atoms with Crippen molar-refractivity contribution in [2.75, 3.05) is 0 Å². The first kappa shape index (κ1) is 16.1. The van der Waals surface area contributed by atoms with Gasteiger partial charge in [-0.3, -0.25) is 10.1 Å². The van der Waals surface area contributed by atoms with Crippen LogP contribution in [0.1, 0.15) is 18.9 Å². The maximum atomic E-state index is 12.6. The van der Waals surface area contributed by atoms with Gasteiger partial charge < -0.3 is 5.32 Å². The van der Waals surface area contributed by atoms with E-state index in [0.717, 1.165) is 6.08 Å². The van der Waals surface area contributed by atoms with Crippen molar-refractivity contribution in [2.45, 2.75) is 26.1 Å². The second-order valence-corrected chi connectivity index (χ2v) is 5.16. The first-order valence-corrected chi connectivity index (χ1v) is 6.73. The highest BCUT2D eigenvalue weighted by Crippen LogP contribution is 2.35. The Morgan fingerprint density at radius 1 is 1.32 bits per heavy atom. The van der Waals surface area contributed by atoms with Gasteiger partial charge in [-0.15, -0.1) is 0 Å². The fourth-order valence-electron chi connectivity index (χ4n) is 2.34. The molecular formula is C15H15F3N2O2. The van der Waals surface area contributed by atoms with E-state index in [2.05, 4.69) is 5.32 Å². The molecule has 0 aromatic heterocycles. The van der Waals surface area contributed by atoms with Crippen LogP contribution in [0.15, 0.2) is 47.7 Å². The summed E-state index contributed by atoms with van der Waals surface area (Å²) in [4.78, 5) is 10.4. The van der Waals surface area contributed by atoms with Crippen LogP contribution in [-0.4, -0.2) is 11.1 Å². The Morgan fingerprint density at radius 3 is 2.59 bits per heavy atom. The molecule has 0 saturated carbocycles. The lowest BCUT2D eigenvalue weighted by Gasteiger charge is -2.24. The summed E-state index contributed by atoms with van der Waals surface area (Å²) in [7, 11) is 0. The Hall–Kier alpha value is -2.31. The summed E-state index contributed by atoms with van der Waals surface area (Å²) in [6, 6.07) is 6.28. The van der Waals surface area contributed by atoms with Crippen LogP contribution in [0.25, 0.3) is 0 Å². The zero-order valence-corrected chi connectivity index (χ0v) is 11.9. The second kappa shape index (κ2) is 6.21. The number of rotatable bonds is 4. The number of hydrogen-bond donors (Lipinski definition) is 1. The number of para-hydroxylation sites is 1. The highest BCUT2D eigenvalue weighted by molar-refractivity contribution is 5.40. The molecule has 2 rings (SSSR count). The van der Waals surface area contributed by atoms with Crippen LogP contribution in [-0.2, 0) is 6.54 Å². The van der Waals surface area contributed by atoms with Gasteiger partial charge in [0.25, 0.3) is 5.69 Å². The average Bonchev–Trinajstić information content (AvgIpc) is 2.45. The minimum Gasteiger partial charge on any atom is -0.384 e. The molecule has 22 heavy (non-hydrogen) atoms. The third-order valence-electron chi connectivity index (χ3n) is 3.56. The lowest BCUT2D eigenvalue weighted by atomic mass is 9.92. The molecule has 0 saturated heterocycles. The first-order valence-electron chi connectivity index (χ1n) is 6.73. The van der Waals surface area contributed by atoms with Crippen LogP contribution in [0.5, 0.6) is 0 Å². The zero-order chi connectivity index (χ0) is 16.3. The maximum Gasteiger partial charge on any atom is 0.412 e. The van der Waals surface area contributed by atoms with Gasteiger partial charge in [-0.2, -0.15) is 13.2 Å². The van der Waals surface area contributed by atoms with E-state index in [4.69, 9.17) is 0 Å². The van der Waals surface area contributed by atoms with E-state index in [9.17, 15) is 23.3 Å². The molecule has 0 aliphatic heterocycles. The van der Waals surface area contributed by atoms with Crippen LogP contribution in [0.2, 0.25) is 0 Å². The summed E-state index contributed by atoms with van der Waals surface area (Å²) in [5, 5.41) is 13.9. The van der Waals surface area contributed by atoms with E-state index < -0.39 is 16.7 Å². The number of benzene rings is 1. The molecule has 0 bridgehead atoms. The zero-order valence-electron chi connectivity index (χ0n) is 11.9. The van der Waals surface area contributed by atoms with Crippen molar-refractivity contribution in [1.82, 2.24) is 5.32 Å². The average molecular weight is 312 g/mol. The molecule has 118 valence electrons. The van der Waals surface area contributed by atoms with E-state index in [0.29, 0.717) is 11.3 Å². The SMILES string of the molecule is CC1CC(C(F)(F)F)=CC=C1NCc1ccccc1[N+](=O)[O-]. The van der Waals surface area contributed by atoms with Gasteiger partial charge in [-0.05, 0) is 18.4 Å². The van der Waals surface area contributed by atoms with E-state index in [-0.39, 0.29) is 24.6 Å². The molecule has 0 heterocycles. The standard InChI is InChI=1S/C15H15F3N2O2/c1-10-8-12(15(16,17)18)6-7-13(10)19-9-11-4-2-3-5-14(11)20(21)22/h2-7,10,19H,8-9H2,1H3. The third-order valence-corrected chi connectivity index (χ3v) is 3.56. The molecule has 1 aromatic rings. The summed E-state index contributed by atoms with van der Waals surface area (Å²) in [6.07, 6.45) is -1.96. The number of hydrogen-bond acceptors (Lipinski definition) is 3. The minimum atomic E-state index is -4.31. The third kappa shape index (κ3) is 3.66. The number of nitro benzene ring substituents is 1. The Bertz CT molecular complexity index is 636. The predicted octanol–water partition coefficient (Wildman–Crippen LogP) is 4.10. The summed E-state index contributed by atoms with van der Waals surface area (Å²) in [6.45, 7) is 1.89. The molecule has 0 fully saturated rings. The Kier molecular flexibility index (Phi) is 4.54. The maximum absolute atomic E-state index is 12.6. The molecule has 0 radical (unpaired) electrons. The van der Waals surface area contributed by atoms with Crippen LogP contribution in [0.4, 0.5) is 18.9 Å². The lowest BCUT2D eigenvalue weighted by Crippen LogP contribution is -2.24. The number of alkyl halides is 3. The topological polar surface area (TPSA) is 55.2 Å². The Labute approximate surface area is 125 Å². The van der Waals surface area contributed by atoms with Gasteiger partial charge in [0, 0.05) is 29.4 Å².